The average Bonchev–Trinajstić information content (AvgIpc) is 2.81. The number of nitrogens with zero attached hydrogens (tertiary/aromatic N) is 1. The molecule has 1 saturated heterocycles. The van der Waals surface area contributed by atoms with Gasteiger partial charge in [0.25, 0.3) is 5.91 Å². The van der Waals surface area contributed by atoms with Gasteiger partial charge in [-0.2, -0.15) is 0 Å². The fraction of sp³-hybridized carbons (Fsp3) is 0.526. The summed E-state index contributed by atoms with van der Waals surface area (Å²) < 4.78 is 0. The summed E-state index contributed by atoms with van der Waals surface area (Å²) >= 11 is 0. The molecule has 6 heteroatoms. The maximum atomic E-state index is 12.2. The summed E-state index contributed by atoms with van der Waals surface area (Å²) in [5.74, 6) is -0.332. The second-order valence-electron chi connectivity index (χ2n) is 7.05. The van der Waals surface area contributed by atoms with Crippen molar-refractivity contribution in [2.24, 2.45) is 5.92 Å². The number of hydrogen-bond acceptors (Lipinski definition) is 3. The van der Waals surface area contributed by atoms with Gasteiger partial charge in [0.1, 0.15) is 12.6 Å². The Balaban J connectivity index is 1.79. The molecule has 1 aromatic rings. The first-order chi connectivity index (χ1) is 11.9. The van der Waals surface area contributed by atoms with Gasteiger partial charge in [0, 0.05) is 6.04 Å². The van der Waals surface area contributed by atoms with Crippen molar-refractivity contribution in [1.82, 2.24) is 15.5 Å². The maximum absolute atomic E-state index is 12.2. The Bertz CT molecular complexity index is 616. The van der Waals surface area contributed by atoms with E-state index in [4.69, 9.17) is 0 Å². The molecule has 0 aliphatic carbocycles. The third-order valence-electron chi connectivity index (χ3n) is 4.23. The highest BCUT2D eigenvalue weighted by atomic mass is 16.2. The smallest absolute Gasteiger partial charge is 0.325 e. The van der Waals surface area contributed by atoms with E-state index in [0.29, 0.717) is 12.3 Å². The van der Waals surface area contributed by atoms with Gasteiger partial charge in [0.15, 0.2) is 0 Å². The van der Waals surface area contributed by atoms with Crippen LogP contribution in [0.5, 0.6) is 0 Å². The summed E-state index contributed by atoms with van der Waals surface area (Å²) in [7, 11) is 0. The predicted molar refractivity (Wildman–Crippen MR) is 95.9 cm³/mol. The molecule has 1 fully saturated rings. The lowest BCUT2D eigenvalue weighted by atomic mass is 10.0. The lowest BCUT2D eigenvalue weighted by molar-refractivity contribution is -0.132. The molecule has 0 bridgehead atoms. The normalized spacial score (nSPS) is 18.4. The minimum Gasteiger partial charge on any atom is -0.352 e. The number of rotatable bonds is 8. The molecular weight excluding hydrogens is 318 g/mol. The van der Waals surface area contributed by atoms with E-state index in [2.05, 4.69) is 22.8 Å². The van der Waals surface area contributed by atoms with Crippen molar-refractivity contribution in [3.8, 4) is 0 Å². The molecule has 1 aliphatic rings. The van der Waals surface area contributed by atoms with E-state index in [1.807, 2.05) is 39.0 Å². The Morgan fingerprint density at radius 3 is 2.52 bits per heavy atom. The molecule has 1 heterocycles. The van der Waals surface area contributed by atoms with E-state index in [0.717, 1.165) is 17.7 Å². The number of carbonyl (C=O) groups excluding carboxylic acids is 3. The molecule has 2 rings (SSSR count). The van der Waals surface area contributed by atoms with Gasteiger partial charge in [-0.05, 0) is 37.7 Å². The predicted octanol–water partition coefficient (Wildman–Crippen LogP) is 2.09. The van der Waals surface area contributed by atoms with Crippen molar-refractivity contribution in [3.05, 3.63) is 35.9 Å². The molecule has 2 N–H and O–H groups in total. The van der Waals surface area contributed by atoms with Crippen LogP contribution in [-0.2, 0) is 16.0 Å². The van der Waals surface area contributed by atoms with Crippen LogP contribution in [0.2, 0.25) is 0 Å². The van der Waals surface area contributed by atoms with E-state index in [-0.39, 0.29) is 24.4 Å². The minimum absolute atomic E-state index is 0.0278. The average molecular weight is 345 g/mol. The van der Waals surface area contributed by atoms with Crippen molar-refractivity contribution in [3.63, 3.8) is 0 Å². The van der Waals surface area contributed by atoms with E-state index >= 15 is 0 Å². The van der Waals surface area contributed by atoms with Crippen LogP contribution in [0.3, 0.4) is 0 Å². The lowest BCUT2D eigenvalue weighted by Gasteiger charge is -2.17. The van der Waals surface area contributed by atoms with Gasteiger partial charge in [-0.15, -0.1) is 0 Å². The number of urea groups is 1. The number of benzene rings is 1. The topological polar surface area (TPSA) is 78.5 Å². The van der Waals surface area contributed by atoms with Crippen molar-refractivity contribution >= 4 is 17.8 Å². The molecule has 0 saturated carbocycles. The molecule has 0 radical (unpaired) electrons. The fourth-order valence-electron chi connectivity index (χ4n) is 2.92. The number of nitrogens with one attached hydrogen (secondary N) is 2. The molecule has 1 aromatic carbocycles. The fourth-order valence-corrected chi connectivity index (χ4v) is 2.92. The maximum Gasteiger partial charge on any atom is 0.325 e. The van der Waals surface area contributed by atoms with Gasteiger partial charge in [-0.25, -0.2) is 4.79 Å². The Hall–Kier alpha value is -2.37. The van der Waals surface area contributed by atoms with Gasteiger partial charge in [0.2, 0.25) is 5.91 Å². The van der Waals surface area contributed by atoms with E-state index in [9.17, 15) is 14.4 Å². The summed E-state index contributed by atoms with van der Waals surface area (Å²) in [5, 5.41) is 5.51. The van der Waals surface area contributed by atoms with Gasteiger partial charge < -0.3 is 10.6 Å². The van der Waals surface area contributed by atoms with Crippen molar-refractivity contribution in [2.75, 3.05) is 6.54 Å². The van der Waals surface area contributed by atoms with E-state index < -0.39 is 12.1 Å². The van der Waals surface area contributed by atoms with Gasteiger partial charge in [0.05, 0.1) is 0 Å². The van der Waals surface area contributed by atoms with Crippen molar-refractivity contribution < 1.29 is 14.4 Å². The Labute approximate surface area is 149 Å². The van der Waals surface area contributed by atoms with Crippen LogP contribution in [0.1, 0.15) is 39.2 Å². The highest BCUT2D eigenvalue weighted by Crippen LogP contribution is 2.14. The van der Waals surface area contributed by atoms with E-state index in [1.165, 1.54) is 5.56 Å². The van der Waals surface area contributed by atoms with Gasteiger partial charge >= 0.3 is 6.03 Å². The SMILES string of the molecule is CC(C)C[C@H]1NC(=O)N(CC(=O)N[C@H](C)CCc2ccccc2)C1=O. The lowest BCUT2D eigenvalue weighted by Crippen LogP contribution is -2.44. The van der Waals surface area contributed by atoms with Crippen LogP contribution >= 0.6 is 0 Å². The number of amides is 4. The summed E-state index contributed by atoms with van der Waals surface area (Å²) in [5.41, 5.74) is 1.22. The largest absolute Gasteiger partial charge is 0.352 e. The summed E-state index contributed by atoms with van der Waals surface area (Å²) in [6, 6.07) is 9.03. The zero-order valence-corrected chi connectivity index (χ0v) is 15.1. The highest BCUT2D eigenvalue weighted by molar-refractivity contribution is 6.06. The Morgan fingerprint density at radius 2 is 1.88 bits per heavy atom. The summed E-state index contributed by atoms with van der Waals surface area (Å²) in [4.78, 5) is 37.3. The second kappa shape index (κ2) is 8.65. The first-order valence-corrected chi connectivity index (χ1v) is 8.82. The monoisotopic (exact) mass is 345 g/mol. The standard InChI is InChI=1S/C19H27N3O3/c1-13(2)11-16-18(24)22(19(25)21-16)12-17(23)20-14(3)9-10-15-7-5-4-6-8-15/h4-8,13-14,16H,9-12H2,1-3H3,(H,20,23)(H,21,25)/t14-,16-/m1/s1. The number of aryl methyl sites for hydroxylation is 1. The van der Waals surface area contributed by atoms with Crippen molar-refractivity contribution in [2.45, 2.75) is 52.1 Å². The van der Waals surface area contributed by atoms with Gasteiger partial charge in [-0.1, -0.05) is 44.2 Å². The van der Waals surface area contributed by atoms with E-state index in [1.54, 1.807) is 0 Å². The molecule has 1 aliphatic heterocycles. The molecule has 4 amide bonds. The zero-order chi connectivity index (χ0) is 18.4. The quantitative estimate of drug-likeness (QED) is 0.708. The number of hydrogen-bond donors (Lipinski definition) is 2. The van der Waals surface area contributed by atoms with Crippen LogP contribution in [0.15, 0.2) is 30.3 Å². The number of imide groups is 1. The summed E-state index contributed by atoms with van der Waals surface area (Å²) in [6.45, 7) is 5.68. The molecular formula is C19H27N3O3. The number of carbonyl (C=O) groups is 3. The highest BCUT2D eigenvalue weighted by Gasteiger charge is 2.39. The van der Waals surface area contributed by atoms with Crippen molar-refractivity contribution in [1.29, 1.82) is 0 Å². The Morgan fingerprint density at radius 1 is 1.20 bits per heavy atom. The molecule has 6 nitrogen and oxygen atoms in total. The molecule has 0 spiro atoms. The molecule has 0 aromatic heterocycles. The Kier molecular flexibility index (Phi) is 6.56. The second-order valence-corrected chi connectivity index (χ2v) is 7.05. The van der Waals surface area contributed by atoms with Crippen LogP contribution in [0, 0.1) is 5.92 Å². The molecule has 0 unspecified atom stereocenters. The van der Waals surface area contributed by atoms with Crippen LogP contribution < -0.4 is 10.6 Å². The first-order valence-electron chi connectivity index (χ1n) is 8.82. The molecule has 136 valence electrons. The summed E-state index contributed by atoms with van der Waals surface area (Å²) in [6.07, 6.45) is 2.24. The van der Waals surface area contributed by atoms with Crippen LogP contribution in [-0.4, -0.2) is 41.4 Å². The minimum atomic E-state index is -0.518. The third kappa shape index (κ3) is 5.59. The van der Waals surface area contributed by atoms with Crippen LogP contribution in [0.4, 0.5) is 4.79 Å². The van der Waals surface area contributed by atoms with Crippen LogP contribution in [0.25, 0.3) is 0 Å². The third-order valence-corrected chi connectivity index (χ3v) is 4.23. The van der Waals surface area contributed by atoms with Gasteiger partial charge in [-0.3, -0.25) is 14.5 Å². The molecule has 25 heavy (non-hydrogen) atoms. The first kappa shape index (κ1) is 19.0. The zero-order valence-electron chi connectivity index (χ0n) is 15.1. The molecule has 2 atom stereocenters.